The first-order valence-corrected chi connectivity index (χ1v) is 8.29. The number of hydrogen-bond donors (Lipinski definition) is 1. The molecule has 0 saturated carbocycles. The molecule has 0 aromatic carbocycles. The predicted octanol–water partition coefficient (Wildman–Crippen LogP) is 2.96. The molecule has 0 aliphatic carbocycles. The van der Waals surface area contributed by atoms with Gasteiger partial charge in [0.05, 0.1) is 6.04 Å². The number of rotatable bonds is 4. The minimum absolute atomic E-state index is 0.203. The number of nitrogens with zero attached hydrogens (tertiary/aromatic N) is 1. The van der Waals surface area contributed by atoms with Crippen LogP contribution < -0.4 is 5.73 Å². The molecule has 0 bridgehead atoms. The Bertz CT molecular complexity index is 324. The van der Waals surface area contributed by atoms with Crippen LogP contribution in [0.5, 0.6) is 0 Å². The lowest BCUT2D eigenvalue weighted by atomic mass is 10.1. The molecule has 2 rings (SSSR count). The summed E-state index contributed by atoms with van der Waals surface area (Å²) in [7, 11) is 0. The molecular weight excluding hydrogens is 248 g/mol. The van der Waals surface area contributed by atoms with Crippen LogP contribution in [0.3, 0.4) is 0 Å². The first-order chi connectivity index (χ1) is 8.22. The molecular formula is C13H22N2S2. The molecule has 2 heterocycles. The van der Waals surface area contributed by atoms with Gasteiger partial charge in [0.15, 0.2) is 0 Å². The second-order valence-electron chi connectivity index (χ2n) is 4.72. The second-order valence-corrected chi connectivity index (χ2v) is 7.10. The third-order valence-electron chi connectivity index (χ3n) is 3.35. The van der Waals surface area contributed by atoms with Gasteiger partial charge in [-0.1, -0.05) is 13.0 Å². The van der Waals surface area contributed by atoms with Crippen molar-refractivity contribution >= 4 is 23.1 Å². The molecule has 2 N–H and O–H groups in total. The Balaban J connectivity index is 2.11. The summed E-state index contributed by atoms with van der Waals surface area (Å²) in [4.78, 5) is 4.00. The molecule has 1 aliphatic heterocycles. The molecule has 0 amide bonds. The summed E-state index contributed by atoms with van der Waals surface area (Å²) in [5, 5.41) is 2.94. The van der Waals surface area contributed by atoms with Crippen LogP contribution in [-0.2, 0) is 0 Å². The molecule has 17 heavy (non-hydrogen) atoms. The van der Waals surface area contributed by atoms with Gasteiger partial charge in [-0.25, -0.2) is 0 Å². The zero-order valence-electron chi connectivity index (χ0n) is 10.6. The van der Waals surface area contributed by atoms with Crippen molar-refractivity contribution in [2.75, 3.05) is 18.8 Å². The van der Waals surface area contributed by atoms with Crippen LogP contribution in [0.4, 0.5) is 0 Å². The van der Waals surface area contributed by atoms with Gasteiger partial charge in [0.25, 0.3) is 0 Å². The summed E-state index contributed by atoms with van der Waals surface area (Å²) in [5.41, 5.74) is 6.20. The van der Waals surface area contributed by atoms with E-state index in [1.165, 1.54) is 30.1 Å². The van der Waals surface area contributed by atoms with Crippen molar-refractivity contribution in [2.45, 2.75) is 37.6 Å². The Kier molecular flexibility index (Phi) is 4.91. The Morgan fingerprint density at radius 2 is 2.41 bits per heavy atom. The largest absolute Gasteiger partial charge is 0.326 e. The summed E-state index contributed by atoms with van der Waals surface area (Å²) in [6.07, 6.45) is 1.26. The first kappa shape index (κ1) is 13.4. The molecule has 1 aromatic rings. The highest BCUT2D eigenvalue weighted by Gasteiger charge is 2.29. The van der Waals surface area contributed by atoms with E-state index in [1.807, 2.05) is 11.3 Å². The highest BCUT2D eigenvalue weighted by Crippen LogP contribution is 2.32. The van der Waals surface area contributed by atoms with E-state index in [1.54, 1.807) is 0 Å². The SMILES string of the molecule is CCC1CN(C(c2cccs2)C(C)N)CCS1. The standard InChI is InChI=1S/C13H22N2S2/c1-3-11-9-15(6-8-16-11)13(10(2)14)12-5-4-7-17-12/h4-5,7,10-11,13H,3,6,8-9,14H2,1-2H3. The zero-order valence-corrected chi connectivity index (χ0v) is 12.3. The fraction of sp³-hybridized carbons (Fsp3) is 0.692. The average Bonchev–Trinajstić information content (AvgIpc) is 2.83. The van der Waals surface area contributed by atoms with Gasteiger partial charge in [-0.15, -0.1) is 11.3 Å². The van der Waals surface area contributed by atoms with Crippen LogP contribution in [0.1, 0.15) is 31.2 Å². The summed E-state index contributed by atoms with van der Waals surface area (Å²) >= 11 is 3.95. The molecule has 0 radical (unpaired) electrons. The fourth-order valence-corrected chi connectivity index (χ4v) is 4.65. The lowest BCUT2D eigenvalue weighted by Crippen LogP contribution is -2.45. The van der Waals surface area contributed by atoms with Crippen molar-refractivity contribution in [3.63, 3.8) is 0 Å². The normalized spacial score (nSPS) is 25.7. The molecule has 3 atom stereocenters. The fourth-order valence-electron chi connectivity index (χ4n) is 2.47. The summed E-state index contributed by atoms with van der Waals surface area (Å²) in [5.74, 6) is 1.24. The van der Waals surface area contributed by atoms with Gasteiger partial charge < -0.3 is 5.73 Å². The quantitative estimate of drug-likeness (QED) is 0.912. The Morgan fingerprint density at radius 1 is 1.59 bits per heavy atom. The summed E-state index contributed by atoms with van der Waals surface area (Å²) in [6, 6.07) is 4.96. The van der Waals surface area contributed by atoms with Crippen LogP contribution in [-0.4, -0.2) is 35.0 Å². The molecule has 3 unspecified atom stereocenters. The predicted molar refractivity (Wildman–Crippen MR) is 78.8 cm³/mol. The first-order valence-electron chi connectivity index (χ1n) is 6.37. The number of hydrogen-bond acceptors (Lipinski definition) is 4. The van der Waals surface area contributed by atoms with E-state index in [9.17, 15) is 0 Å². The van der Waals surface area contributed by atoms with E-state index >= 15 is 0 Å². The van der Waals surface area contributed by atoms with E-state index in [0.717, 1.165) is 5.25 Å². The minimum Gasteiger partial charge on any atom is -0.326 e. The Labute approximate surface area is 113 Å². The van der Waals surface area contributed by atoms with Gasteiger partial charge in [0, 0.05) is 35.0 Å². The molecule has 1 aliphatic rings. The third kappa shape index (κ3) is 3.25. The van der Waals surface area contributed by atoms with Crippen LogP contribution in [0.2, 0.25) is 0 Å². The van der Waals surface area contributed by atoms with Crippen molar-refractivity contribution in [1.29, 1.82) is 0 Å². The minimum atomic E-state index is 0.203. The van der Waals surface area contributed by atoms with E-state index in [2.05, 4.69) is 48.0 Å². The van der Waals surface area contributed by atoms with Gasteiger partial charge in [-0.2, -0.15) is 11.8 Å². The zero-order chi connectivity index (χ0) is 12.3. The van der Waals surface area contributed by atoms with Crippen LogP contribution in [0.15, 0.2) is 17.5 Å². The maximum Gasteiger partial charge on any atom is 0.0591 e. The van der Waals surface area contributed by atoms with Crippen molar-refractivity contribution in [1.82, 2.24) is 4.90 Å². The second kappa shape index (κ2) is 6.23. The van der Waals surface area contributed by atoms with Crippen molar-refractivity contribution in [2.24, 2.45) is 5.73 Å². The third-order valence-corrected chi connectivity index (χ3v) is 5.67. The summed E-state index contributed by atoms with van der Waals surface area (Å²) < 4.78 is 0. The van der Waals surface area contributed by atoms with E-state index in [4.69, 9.17) is 5.73 Å². The Morgan fingerprint density at radius 3 is 3.00 bits per heavy atom. The van der Waals surface area contributed by atoms with Crippen LogP contribution in [0, 0.1) is 0 Å². The van der Waals surface area contributed by atoms with Gasteiger partial charge in [-0.3, -0.25) is 4.90 Å². The number of thioether (sulfide) groups is 1. The summed E-state index contributed by atoms with van der Waals surface area (Å²) in [6.45, 7) is 6.77. The molecule has 1 saturated heterocycles. The van der Waals surface area contributed by atoms with Gasteiger partial charge in [0.1, 0.15) is 0 Å². The molecule has 0 spiro atoms. The van der Waals surface area contributed by atoms with E-state index < -0.39 is 0 Å². The van der Waals surface area contributed by atoms with Crippen LogP contribution >= 0.6 is 23.1 Å². The van der Waals surface area contributed by atoms with Crippen molar-refractivity contribution in [3.8, 4) is 0 Å². The molecule has 1 aromatic heterocycles. The number of thiophene rings is 1. The monoisotopic (exact) mass is 270 g/mol. The maximum atomic E-state index is 6.20. The molecule has 1 fully saturated rings. The lowest BCUT2D eigenvalue weighted by molar-refractivity contribution is 0.184. The van der Waals surface area contributed by atoms with Crippen LogP contribution in [0.25, 0.3) is 0 Å². The highest BCUT2D eigenvalue weighted by atomic mass is 32.2. The van der Waals surface area contributed by atoms with E-state index in [0.29, 0.717) is 6.04 Å². The number of nitrogens with two attached hydrogens (primary N) is 1. The van der Waals surface area contributed by atoms with Crippen molar-refractivity contribution < 1.29 is 0 Å². The topological polar surface area (TPSA) is 29.3 Å². The van der Waals surface area contributed by atoms with Gasteiger partial charge in [0.2, 0.25) is 0 Å². The van der Waals surface area contributed by atoms with Crippen molar-refractivity contribution in [3.05, 3.63) is 22.4 Å². The Hall–Kier alpha value is -0.0300. The molecule has 4 heteroatoms. The van der Waals surface area contributed by atoms with Gasteiger partial charge >= 0.3 is 0 Å². The molecule has 96 valence electrons. The maximum absolute atomic E-state index is 6.20. The smallest absolute Gasteiger partial charge is 0.0591 e. The van der Waals surface area contributed by atoms with Gasteiger partial charge in [-0.05, 0) is 24.8 Å². The lowest BCUT2D eigenvalue weighted by Gasteiger charge is -2.39. The average molecular weight is 270 g/mol. The van der Waals surface area contributed by atoms with E-state index in [-0.39, 0.29) is 6.04 Å². The highest BCUT2D eigenvalue weighted by molar-refractivity contribution is 8.00. The molecule has 2 nitrogen and oxygen atoms in total.